The maximum Gasteiger partial charge on any atom is 0.191 e. The molecule has 8 aromatic rings. The van der Waals surface area contributed by atoms with Crippen molar-refractivity contribution in [3.63, 3.8) is 0 Å². The molecule has 8 N–H and O–H groups in total. The van der Waals surface area contributed by atoms with Crippen LogP contribution in [0.4, 0.5) is 34.4 Å². The van der Waals surface area contributed by atoms with Crippen LogP contribution < -0.4 is 32.4 Å². The van der Waals surface area contributed by atoms with Gasteiger partial charge in [-0.25, -0.2) is 20.0 Å². The molecule has 8 rings (SSSR count). The smallest absolute Gasteiger partial charge is 0.191 e. The van der Waals surface area contributed by atoms with Crippen LogP contribution in [0.2, 0.25) is 0 Å². The topological polar surface area (TPSA) is 236 Å². The molecule has 4 aromatic heterocycles. The van der Waals surface area contributed by atoms with Gasteiger partial charge in [0.05, 0.1) is 25.6 Å². The summed E-state index contributed by atoms with van der Waals surface area (Å²) in [5, 5.41) is 16.9. The van der Waals surface area contributed by atoms with Crippen LogP contribution in [-0.2, 0) is 0 Å². The molecule has 0 spiro atoms. The van der Waals surface area contributed by atoms with E-state index in [9.17, 15) is 0 Å². The van der Waals surface area contributed by atoms with Gasteiger partial charge in [0, 0.05) is 33.3 Å². The summed E-state index contributed by atoms with van der Waals surface area (Å²) in [6.45, 7) is 4.10. The maximum atomic E-state index is 6.15. The van der Waals surface area contributed by atoms with Crippen molar-refractivity contribution >= 4 is 57.6 Å². The van der Waals surface area contributed by atoms with Crippen molar-refractivity contribution in [2.24, 2.45) is 53.4 Å². The molecule has 0 aliphatic rings. The largest absolute Gasteiger partial charge is 0.494 e. The van der Waals surface area contributed by atoms with Crippen molar-refractivity contribution in [2.75, 3.05) is 14.2 Å². The molecular formula is C48H44N12O3S. The lowest BCUT2D eigenvalue weighted by atomic mass is 10.1. The Bertz CT molecular complexity index is 2790. The van der Waals surface area contributed by atoms with Gasteiger partial charge < -0.3 is 36.8 Å². The van der Waals surface area contributed by atoms with Gasteiger partial charge in [0.2, 0.25) is 0 Å². The van der Waals surface area contributed by atoms with Crippen LogP contribution in [0.25, 0.3) is 43.5 Å². The number of ether oxygens (including phenoxy) is 2. The summed E-state index contributed by atoms with van der Waals surface area (Å²) in [6, 6.07) is 42.0. The van der Waals surface area contributed by atoms with E-state index >= 15 is 0 Å². The molecule has 0 radical (unpaired) electrons. The second kappa shape index (κ2) is 20.4. The molecule has 320 valence electrons. The molecule has 0 atom stereocenters. The number of nitrogens with zero attached hydrogens (tertiary/aromatic N) is 8. The number of pyridine rings is 2. The number of aliphatic imine (C=N–C) groups is 2. The van der Waals surface area contributed by atoms with Crippen LogP contribution in [0, 0.1) is 13.8 Å². The number of nitrogens with two attached hydrogens (primary N) is 4. The number of hydrogen-bond donors (Lipinski definition) is 4. The van der Waals surface area contributed by atoms with Gasteiger partial charge >= 0.3 is 0 Å². The van der Waals surface area contributed by atoms with E-state index in [-0.39, 0.29) is 11.9 Å². The van der Waals surface area contributed by atoms with Crippen LogP contribution in [0.15, 0.2) is 181 Å². The van der Waals surface area contributed by atoms with Gasteiger partial charge in [0.1, 0.15) is 34.4 Å². The standard InChI is InChI=1S/C28H22N6O3.C20H22N6S/c1-35-25-17-19(9-11-21(25)31-33-27-7-3-5-15-29-27)23-13-14-24(37-23)20-10-12-22(26(18-20)36-2)32-34-28-8-4-6-16-30-28;1-11-9-13(25-19(21)22)3-5-15(11)17-7-8-18(27-17)16-6-4-14(10-12(16)2)26-20(23)24/h3-18H,1-2H3;3-10H,1-2H3,(H4,21,22,25)(H4,23,24,26). The Morgan fingerprint density at radius 2 is 0.969 bits per heavy atom. The summed E-state index contributed by atoms with van der Waals surface area (Å²) >= 11 is 1.74. The van der Waals surface area contributed by atoms with Gasteiger partial charge in [-0.2, -0.15) is 0 Å². The molecule has 16 heteroatoms. The van der Waals surface area contributed by atoms with Gasteiger partial charge in [-0.05, 0) is 145 Å². The Labute approximate surface area is 373 Å². The molecule has 0 unspecified atom stereocenters. The fraction of sp³-hybridized carbons (Fsp3) is 0.0833. The highest BCUT2D eigenvalue weighted by Gasteiger charge is 2.14. The number of methoxy groups -OCH3 is 2. The molecule has 4 heterocycles. The fourth-order valence-corrected chi connectivity index (χ4v) is 7.61. The van der Waals surface area contributed by atoms with Crippen molar-refractivity contribution < 1.29 is 13.9 Å². The lowest BCUT2D eigenvalue weighted by molar-refractivity contribution is 0.415. The van der Waals surface area contributed by atoms with Crippen LogP contribution in [0.3, 0.4) is 0 Å². The van der Waals surface area contributed by atoms with Crippen molar-refractivity contribution in [3.8, 4) is 55.0 Å². The van der Waals surface area contributed by atoms with Crippen LogP contribution in [-0.4, -0.2) is 36.1 Å². The van der Waals surface area contributed by atoms with E-state index in [0.29, 0.717) is 46.0 Å². The molecule has 15 nitrogen and oxygen atoms in total. The second-order valence-corrected chi connectivity index (χ2v) is 15.0. The Morgan fingerprint density at radius 3 is 1.34 bits per heavy atom. The molecular weight excluding hydrogens is 825 g/mol. The molecule has 0 fully saturated rings. The molecule has 0 amide bonds. The molecule has 0 aliphatic heterocycles. The third-order valence-electron chi connectivity index (χ3n) is 9.43. The highest BCUT2D eigenvalue weighted by molar-refractivity contribution is 7.18. The van der Waals surface area contributed by atoms with Crippen LogP contribution in [0.1, 0.15) is 11.1 Å². The number of benzene rings is 4. The number of thiophene rings is 1. The molecule has 4 aromatic carbocycles. The predicted molar refractivity (Wildman–Crippen MR) is 255 cm³/mol. The molecule has 0 saturated heterocycles. The Hall–Kier alpha value is -8.50. The third-order valence-corrected chi connectivity index (χ3v) is 10.6. The normalized spacial score (nSPS) is 10.9. The predicted octanol–water partition coefficient (Wildman–Crippen LogP) is 11.8. The summed E-state index contributed by atoms with van der Waals surface area (Å²) in [6.07, 6.45) is 3.33. The maximum absolute atomic E-state index is 6.15. The minimum atomic E-state index is 0.0557. The van der Waals surface area contributed by atoms with Gasteiger partial charge in [-0.3, -0.25) is 0 Å². The fourth-order valence-electron chi connectivity index (χ4n) is 6.42. The highest BCUT2D eigenvalue weighted by Crippen LogP contribution is 2.40. The zero-order chi connectivity index (χ0) is 45.0. The summed E-state index contributed by atoms with van der Waals surface area (Å²) in [5.41, 5.74) is 30.7. The van der Waals surface area contributed by atoms with Gasteiger partial charge in [0.15, 0.2) is 23.6 Å². The zero-order valence-corrected chi connectivity index (χ0v) is 36.2. The summed E-state index contributed by atoms with van der Waals surface area (Å²) in [4.78, 5) is 18.9. The summed E-state index contributed by atoms with van der Waals surface area (Å²) in [7, 11) is 3.18. The zero-order valence-electron chi connectivity index (χ0n) is 35.4. The first-order chi connectivity index (χ1) is 31.1. The first kappa shape index (κ1) is 43.6. The number of hydrogen-bond acceptors (Lipinski definition) is 12. The van der Waals surface area contributed by atoms with Crippen molar-refractivity contribution in [1.82, 2.24) is 9.97 Å². The van der Waals surface area contributed by atoms with E-state index in [1.165, 1.54) is 9.75 Å². The first-order valence-electron chi connectivity index (χ1n) is 19.7. The lowest BCUT2D eigenvalue weighted by Gasteiger charge is -2.07. The minimum Gasteiger partial charge on any atom is -0.494 e. The highest BCUT2D eigenvalue weighted by atomic mass is 32.1. The quantitative estimate of drug-likeness (QED) is 0.0518. The number of guanidine groups is 2. The van der Waals surface area contributed by atoms with Crippen molar-refractivity contribution in [1.29, 1.82) is 0 Å². The second-order valence-electron chi connectivity index (χ2n) is 13.9. The molecule has 0 saturated carbocycles. The van der Waals surface area contributed by atoms with Crippen LogP contribution >= 0.6 is 11.3 Å². The number of rotatable bonds is 12. The number of aromatic nitrogens is 2. The van der Waals surface area contributed by atoms with E-state index < -0.39 is 0 Å². The lowest BCUT2D eigenvalue weighted by Crippen LogP contribution is -2.21. The van der Waals surface area contributed by atoms with E-state index in [0.717, 1.165) is 44.8 Å². The van der Waals surface area contributed by atoms with Crippen molar-refractivity contribution in [2.45, 2.75) is 13.8 Å². The monoisotopic (exact) mass is 868 g/mol. The average molecular weight is 869 g/mol. The van der Waals surface area contributed by atoms with E-state index in [4.69, 9.17) is 36.8 Å². The van der Waals surface area contributed by atoms with Gasteiger partial charge in [0.25, 0.3) is 0 Å². The Kier molecular flexibility index (Phi) is 13.9. The molecule has 64 heavy (non-hydrogen) atoms. The first-order valence-corrected chi connectivity index (χ1v) is 20.5. The molecule has 0 bridgehead atoms. The minimum absolute atomic E-state index is 0.0557. The number of azo groups is 2. The SMILES string of the molecule is COc1cc(-c2ccc(-c3ccc(N=Nc4ccccn4)c(OC)c3)o2)ccc1N=Nc1ccccn1.Cc1cc(N=C(N)N)ccc1-c1ccc(-c2ccc(N=C(N)N)cc2C)s1. The van der Waals surface area contributed by atoms with E-state index in [2.05, 4.69) is 66.4 Å². The Balaban J connectivity index is 0.000000201. The number of furan rings is 1. The number of aryl methyl sites for hydroxylation is 2. The van der Waals surface area contributed by atoms with E-state index in [1.54, 1.807) is 50.1 Å². The third kappa shape index (κ3) is 11.1. The van der Waals surface area contributed by atoms with Crippen LogP contribution in [0.5, 0.6) is 11.5 Å². The van der Waals surface area contributed by atoms with Gasteiger partial charge in [-0.1, -0.05) is 24.3 Å². The molecule has 0 aliphatic carbocycles. The van der Waals surface area contributed by atoms with E-state index in [1.807, 2.05) is 109 Å². The van der Waals surface area contributed by atoms with Crippen molar-refractivity contribution in [3.05, 3.63) is 157 Å². The van der Waals surface area contributed by atoms with Gasteiger partial charge in [-0.15, -0.1) is 31.8 Å². The average Bonchev–Trinajstić information content (AvgIpc) is 4.00. The Morgan fingerprint density at radius 1 is 0.516 bits per heavy atom. The summed E-state index contributed by atoms with van der Waals surface area (Å²) < 4.78 is 17.2. The summed E-state index contributed by atoms with van der Waals surface area (Å²) in [5.74, 6) is 3.64.